The number of nitrogens with two attached hydrogens (primary N) is 1. The zero-order valence-corrected chi connectivity index (χ0v) is 17.6. The molecule has 0 radical (unpaired) electrons. The van der Waals surface area contributed by atoms with Gasteiger partial charge >= 0.3 is 0 Å². The van der Waals surface area contributed by atoms with Crippen molar-refractivity contribution in [1.82, 2.24) is 9.80 Å². The van der Waals surface area contributed by atoms with Crippen molar-refractivity contribution in [2.45, 2.75) is 50.6 Å². The van der Waals surface area contributed by atoms with E-state index in [4.69, 9.17) is 17.3 Å². The van der Waals surface area contributed by atoms with Crippen LogP contribution in [0.2, 0.25) is 5.02 Å². The maximum atomic E-state index is 13.4. The minimum atomic E-state index is -0.346. The van der Waals surface area contributed by atoms with E-state index in [1.807, 2.05) is 9.80 Å². The molecule has 2 heterocycles. The van der Waals surface area contributed by atoms with Crippen LogP contribution in [0.4, 0.5) is 0 Å². The second-order valence-corrected chi connectivity index (χ2v) is 8.70. The van der Waals surface area contributed by atoms with Crippen molar-refractivity contribution in [2.75, 3.05) is 19.6 Å². The van der Waals surface area contributed by atoms with Gasteiger partial charge in [0.2, 0.25) is 5.91 Å². The predicted molar refractivity (Wildman–Crippen MR) is 113 cm³/mol. The van der Waals surface area contributed by atoms with Gasteiger partial charge in [-0.2, -0.15) is 0 Å². The van der Waals surface area contributed by atoms with E-state index < -0.39 is 0 Å². The largest absolute Gasteiger partial charge is 0.341 e. The molecule has 1 aromatic rings. The summed E-state index contributed by atoms with van der Waals surface area (Å²) in [5.74, 6) is 0.869. The molecule has 0 aromatic heterocycles. The van der Waals surface area contributed by atoms with Gasteiger partial charge in [0.25, 0.3) is 5.91 Å². The van der Waals surface area contributed by atoms with E-state index in [1.54, 1.807) is 24.3 Å². The fraction of sp³-hybridized carbons (Fsp3) is 0.619. The molecule has 1 saturated carbocycles. The molecule has 3 aliphatic rings. The molecule has 4 unspecified atom stereocenters. The normalized spacial score (nSPS) is 29.4. The third kappa shape index (κ3) is 4.03. The molecule has 2 amide bonds. The quantitative estimate of drug-likeness (QED) is 0.806. The third-order valence-electron chi connectivity index (χ3n) is 6.61. The van der Waals surface area contributed by atoms with Crippen molar-refractivity contribution in [2.24, 2.45) is 17.6 Å². The monoisotopic (exact) mass is 425 g/mol. The van der Waals surface area contributed by atoms with Crippen LogP contribution in [0.1, 0.15) is 48.9 Å². The molecule has 3 fully saturated rings. The Bertz CT molecular complexity index is 729. The summed E-state index contributed by atoms with van der Waals surface area (Å²) in [5, 5.41) is 0.549. The summed E-state index contributed by atoms with van der Waals surface area (Å²) in [6, 6.07) is 6.90. The third-order valence-corrected chi connectivity index (χ3v) is 6.85. The van der Waals surface area contributed by atoms with Crippen LogP contribution in [0.25, 0.3) is 0 Å². The first-order chi connectivity index (χ1) is 13.1. The molecular weight excluding hydrogens is 397 g/mol. The SMILES string of the molecule is Cl.NCC1CCN(C(=O)C2CC3CCCCC3N2C(=O)c2cccc(Cl)c2)C1. The Morgan fingerprint density at radius 3 is 2.68 bits per heavy atom. The molecule has 0 spiro atoms. The molecule has 154 valence electrons. The molecule has 5 nitrogen and oxygen atoms in total. The Morgan fingerprint density at radius 2 is 1.96 bits per heavy atom. The van der Waals surface area contributed by atoms with E-state index in [0.717, 1.165) is 45.2 Å². The van der Waals surface area contributed by atoms with Gasteiger partial charge < -0.3 is 15.5 Å². The molecule has 2 aliphatic heterocycles. The van der Waals surface area contributed by atoms with Gasteiger partial charge in [0, 0.05) is 29.7 Å². The molecule has 0 bridgehead atoms. The summed E-state index contributed by atoms with van der Waals surface area (Å²) < 4.78 is 0. The summed E-state index contributed by atoms with van der Waals surface area (Å²) in [6.45, 7) is 2.09. The summed E-state index contributed by atoms with van der Waals surface area (Å²) in [6.07, 6.45) is 6.18. The number of rotatable bonds is 3. The van der Waals surface area contributed by atoms with Gasteiger partial charge in [0.15, 0.2) is 0 Å². The Kier molecular flexibility index (Phi) is 6.89. The van der Waals surface area contributed by atoms with E-state index in [0.29, 0.717) is 29.0 Å². The van der Waals surface area contributed by atoms with Crippen molar-refractivity contribution in [1.29, 1.82) is 0 Å². The first kappa shape index (κ1) is 21.4. The lowest BCUT2D eigenvalue weighted by Gasteiger charge is -2.34. The lowest BCUT2D eigenvalue weighted by molar-refractivity contribution is -0.134. The number of fused-ring (bicyclic) bond motifs is 1. The van der Waals surface area contributed by atoms with Crippen LogP contribution >= 0.6 is 24.0 Å². The van der Waals surface area contributed by atoms with E-state index in [9.17, 15) is 9.59 Å². The van der Waals surface area contributed by atoms with Crippen LogP contribution < -0.4 is 5.73 Å². The molecular formula is C21H29Cl2N3O2. The van der Waals surface area contributed by atoms with Gasteiger partial charge in [0.1, 0.15) is 6.04 Å². The fourth-order valence-electron chi connectivity index (χ4n) is 5.18. The Balaban J connectivity index is 0.00000225. The minimum absolute atomic E-state index is 0. The maximum Gasteiger partial charge on any atom is 0.254 e. The number of carbonyl (C=O) groups excluding carboxylic acids is 2. The first-order valence-corrected chi connectivity index (χ1v) is 10.5. The number of benzene rings is 1. The van der Waals surface area contributed by atoms with E-state index in [-0.39, 0.29) is 36.3 Å². The lowest BCUT2D eigenvalue weighted by Crippen LogP contribution is -2.50. The van der Waals surface area contributed by atoms with Gasteiger partial charge in [-0.15, -0.1) is 12.4 Å². The summed E-state index contributed by atoms with van der Waals surface area (Å²) in [4.78, 5) is 30.5. The van der Waals surface area contributed by atoms with Crippen molar-refractivity contribution >= 4 is 35.8 Å². The number of hydrogen-bond donors (Lipinski definition) is 1. The van der Waals surface area contributed by atoms with Crippen LogP contribution in [0.15, 0.2) is 24.3 Å². The highest BCUT2D eigenvalue weighted by Gasteiger charge is 2.49. The van der Waals surface area contributed by atoms with Crippen molar-refractivity contribution in [3.63, 3.8) is 0 Å². The molecule has 7 heteroatoms. The average molecular weight is 426 g/mol. The Morgan fingerprint density at radius 1 is 1.18 bits per heavy atom. The predicted octanol–water partition coefficient (Wildman–Crippen LogP) is 3.34. The van der Waals surface area contributed by atoms with Crippen LogP contribution in [0, 0.1) is 11.8 Å². The zero-order chi connectivity index (χ0) is 19.0. The molecule has 2 saturated heterocycles. The summed E-state index contributed by atoms with van der Waals surface area (Å²) >= 11 is 6.11. The molecule has 28 heavy (non-hydrogen) atoms. The highest BCUT2D eigenvalue weighted by atomic mass is 35.5. The van der Waals surface area contributed by atoms with Crippen LogP contribution in [0.5, 0.6) is 0 Å². The van der Waals surface area contributed by atoms with Crippen molar-refractivity contribution in [3.05, 3.63) is 34.9 Å². The van der Waals surface area contributed by atoms with E-state index in [1.165, 1.54) is 6.42 Å². The van der Waals surface area contributed by atoms with Crippen LogP contribution in [-0.4, -0.2) is 53.3 Å². The summed E-state index contributed by atoms with van der Waals surface area (Å²) in [5.41, 5.74) is 6.37. The molecule has 1 aliphatic carbocycles. The first-order valence-electron chi connectivity index (χ1n) is 10.2. The van der Waals surface area contributed by atoms with Gasteiger partial charge in [-0.3, -0.25) is 9.59 Å². The number of likely N-dealkylation sites (tertiary alicyclic amines) is 2. The number of nitrogens with zero attached hydrogens (tertiary/aromatic N) is 2. The Labute approximate surface area is 178 Å². The van der Waals surface area contributed by atoms with Crippen LogP contribution in [-0.2, 0) is 4.79 Å². The van der Waals surface area contributed by atoms with Gasteiger partial charge in [-0.05, 0) is 62.3 Å². The number of hydrogen-bond acceptors (Lipinski definition) is 3. The zero-order valence-electron chi connectivity index (χ0n) is 16.1. The maximum absolute atomic E-state index is 13.4. The smallest absolute Gasteiger partial charge is 0.254 e. The number of carbonyl (C=O) groups is 2. The lowest BCUT2D eigenvalue weighted by atomic mass is 9.84. The number of halogens is 2. The van der Waals surface area contributed by atoms with Gasteiger partial charge in [0.05, 0.1) is 0 Å². The summed E-state index contributed by atoms with van der Waals surface area (Å²) in [7, 11) is 0. The fourth-order valence-corrected chi connectivity index (χ4v) is 5.37. The van der Waals surface area contributed by atoms with Crippen LogP contribution in [0.3, 0.4) is 0 Å². The molecule has 1 aromatic carbocycles. The molecule has 4 atom stereocenters. The van der Waals surface area contributed by atoms with E-state index >= 15 is 0 Å². The highest BCUT2D eigenvalue weighted by molar-refractivity contribution is 6.31. The second kappa shape index (κ2) is 9.02. The van der Waals surface area contributed by atoms with E-state index in [2.05, 4.69) is 0 Å². The van der Waals surface area contributed by atoms with Gasteiger partial charge in [-0.1, -0.05) is 30.5 Å². The minimum Gasteiger partial charge on any atom is -0.341 e. The molecule has 4 rings (SSSR count). The van der Waals surface area contributed by atoms with Crippen molar-refractivity contribution in [3.8, 4) is 0 Å². The topological polar surface area (TPSA) is 66.6 Å². The second-order valence-electron chi connectivity index (χ2n) is 8.26. The Hall–Kier alpha value is -1.30. The average Bonchev–Trinajstić information content (AvgIpc) is 3.31. The molecule has 2 N–H and O–H groups in total. The standard InChI is InChI=1S/C21H28ClN3O2.ClH/c22-17-6-3-5-16(10-17)20(26)25-18-7-2-1-4-15(18)11-19(25)21(27)24-9-8-14(12-23)13-24;/h3,5-6,10,14-15,18-19H,1-2,4,7-9,11-13,23H2;1H. The van der Waals surface area contributed by atoms with Gasteiger partial charge in [-0.25, -0.2) is 0 Å². The van der Waals surface area contributed by atoms with Crippen molar-refractivity contribution < 1.29 is 9.59 Å². The number of amides is 2. The highest BCUT2D eigenvalue weighted by Crippen LogP contribution is 2.41.